The third-order valence-corrected chi connectivity index (χ3v) is 6.77. The molecular formula is C13H26N2O2S. The predicted molar refractivity (Wildman–Crippen MR) is 74.5 cm³/mol. The van der Waals surface area contributed by atoms with E-state index in [2.05, 4.69) is 17.1 Å². The predicted octanol–water partition coefficient (Wildman–Crippen LogP) is 0.884. The highest BCUT2D eigenvalue weighted by Gasteiger charge is 2.46. The maximum Gasteiger partial charge on any atom is 0.153 e. The molecule has 0 bridgehead atoms. The van der Waals surface area contributed by atoms with Gasteiger partial charge in [-0.05, 0) is 39.5 Å². The van der Waals surface area contributed by atoms with E-state index in [0.717, 1.165) is 25.6 Å². The Bertz CT molecular complexity index is 390. The molecule has 18 heavy (non-hydrogen) atoms. The number of piperazine rings is 1. The highest BCUT2D eigenvalue weighted by molar-refractivity contribution is 7.92. The van der Waals surface area contributed by atoms with E-state index in [9.17, 15) is 8.42 Å². The number of hydrogen-bond acceptors (Lipinski definition) is 4. The highest BCUT2D eigenvalue weighted by Crippen LogP contribution is 2.43. The molecule has 1 atom stereocenters. The molecule has 1 saturated carbocycles. The van der Waals surface area contributed by atoms with E-state index < -0.39 is 9.84 Å². The summed E-state index contributed by atoms with van der Waals surface area (Å²) in [6.45, 7) is 9.47. The average molecular weight is 274 g/mol. The molecule has 0 spiro atoms. The molecule has 1 aliphatic carbocycles. The Kier molecular flexibility index (Phi) is 4.04. The van der Waals surface area contributed by atoms with Crippen LogP contribution in [-0.4, -0.2) is 56.0 Å². The molecule has 2 rings (SSSR count). The van der Waals surface area contributed by atoms with Crippen molar-refractivity contribution in [2.45, 2.75) is 44.4 Å². The molecule has 0 aromatic carbocycles. The lowest BCUT2D eigenvalue weighted by Crippen LogP contribution is -2.61. The average Bonchev–Trinajstić information content (AvgIpc) is 3.11. The van der Waals surface area contributed by atoms with Crippen molar-refractivity contribution in [2.75, 3.05) is 31.9 Å². The van der Waals surface area contributed by atoms with Gasteiger partial charge in [-0.3, -0.25) is 4.90 Å². The quantitative estimate of drug-likeness (QED) is 0.809. The van der Waals surface area contributed by atoms with Crippen LogP contribution < -0.4 is 5.32 Å². The number of hydrogen-bond donors (Lipinski definition) is 1. The molecule has 5 heteroatoms. The molecule has 4 nitrogen and oxygen atoms in total. The first-order chi connectivity index (χ1) is 8.36. The highest BCUT2D eigenvalue weighted by atomic mass is 32.2. The largest absolute Gasteiger partial charge is 0.314 e. The topological polar surface area (TPSA) is 49.4 Å². The number of rotatable bonds is 5. The summed E-state index contributed by atoms with van der Waals surface area (Å²) in [5, 5.41) is 3.20. The van der Waals surface area contributed by atoms with Crippen LogP contribution in [0.1, 0.15) is 33.6 Å². The summed E-state index contributed by atoms with van der Waals surface area (Å²) in [7, 11) is -2.92. The molecule has 0 aromatic heterocycles. The number of sulfone groups is 1. The molecule has 1 saturated heterocycles. The van der Waals surface area contributed by atoms with Gasteiger partial charge in [0.1, 0.15) is 0 Å². The number of nitrogens with zero attached hydrogens (tertiary/aromatic N) is 1. The lowest BCUT2D eigenvalue weighted by atomic mass is 9.91. The van der Waals surface area contributed by atoms with Gasteiger partial charge >= 0.3 is 0 Å². The van der Waals surface area contributed by atoms with Crippen molar-refractivity contribution in [2.24, 2.45) is 5.92 Å². The van der Waals surface area contributed by atoms with Crippen LogP contribution in [0.5, 0.6) is 0 Å². The van der Waals surface area contributed by atoms with Crippen molar-refractivity contribution in [1.29, 1.82) is 0 Å². The summed E-state index contributed by atoms with van der Waals surface area (Å²) in [4.78, 5) is 2.40. The Morgan fingerprint density at radius 1 is 1.39 bits per heavy atom. The van der Waals surface area contributed by atoms with Crippen molar-refractivity contribution in [3.63, 3.8) is 0 Å². The summed E-state index contributed by atoms with van der Waals surface area (Å²) in [5.74, 6) is 1.06. The zero-order valence-electron chi connectivity index (χ0n) is 11.8. The molecule has 0 radical (unpaired) electrons. The van der Waals surface area contributed by atoms with Crippen molar-refractivity contribution in [3.05, 3.63) is 0 Å². The van der Waals surface area contributed by atoms with Crippen LogP contribution >= 0.6 is 0 Å². The van der Waals surface area contributed by atoms with Crippen molar-refractivity contribution >= 4 is 9.84 Å². The van der Waals surface area contributed by atoms with Gasteiger partial charge in [0.05, 0.1) is 11.0 Å². The van der Waals surface area contributed by atoms with E-state index in [1.54, 1.807) is 13.8 Å². The second-order valence-corrected chi connectivity index (χ2v) is 8.89. The van der Waals surface area contributed by atoms with E-state index in [0.29, 0.717) is 12.3 Å². The van der Waals surface area contributed by atoms with Crippen LogP contribution in [0, 0.1) is 5.92 Å². The summed E-state index contributed by atoms with van der Waals surface area (Å²) in [6, 6.07) is 0. The van der Waals surface area contributed by atoms with Gasteiger partial charge in [-0.2, -0.15) is 0 Å². The zero-order valence-corrected chi connectivity index (χ0v) is 12.6. The Morgan fingerprint density at radius 3 is 2.61 bits per heavy atom. The van der Waals surface area contributed by atoms with Gasteiger partial charge in [-0.25, -0.2) is 8.42 Å². The second kappa shape index (κ2) is 5.10. The first kappa shape index (κ1) is 14.3. The third-order valence-electron chi connectivity index (χ3n) is 4.58. The lowest BCUT2D eigenvalue weighted by Gasteiger charge is -2.46. The van der Waals surface area contributed by atoms with E-state index in [1.165, 1.54) is 12.8 Å². The minimum atomic E-state index is -2.92. The van der Waals surface area contributed by atoms with Crippen LogP contribution in [0.2, 0.25) is 0 Å². The van der Waals surface area contributed by atoms with Gasteiger partial charge in [-0.1, -0.05) is 0 Å². The van der Waals surface area contributed by atoms with Gasteiger partial charge in [0.25, 0.3) is 0 Å². The molecular weight excluding hydrogens is 248 g/mol. The maximum absolute atomic E-state index is 11.9. The maximum atomic E-state index is 11.9. The monoisotopic (exact) mass is 274 g/mol. The first-order valence-electron chi connectivity index (χ1n) is 7.03. The van der Waals surface area contributed by atoms with Crippen molar-refractivity contribution < 1.29 is 8.42 Å². The van der Waals surface area contributed by atoms with Crippen LogP contribution in [0.25, 0.3) is 0 Å². The summed E-state index contributed by atoms with van der Waals surface area (Å²) < 4.78 is 23.9. The standard InChI is InChI=1S/C13H26N2O2S/c1-11(2)18(16,17)9-8-15-7-6-14-10-13(15,3)12-4-5-12/h11-12,14H,4-10H2,1-3H3. The Balaban J connectivity index is 1.98. The molecule has 1 aliphatic heterocycles. The van der Waals surface area contributed by atoms with Gasteiger partial charge < -0.3 is 5.32 Å². The Morgan fingerprint density at radius 2 is 2.06 bits per heavy atom. The molecule has 2 aliphatic rings. The summed E-state index contributed by atoms with van der Waals surface area (Å²) in [6.07, 6.45) is 2.59. The second-order valence-electron chi connectivity index (χ2n) is 6.21. The van der Waals surface area contributed by atoms with Gasteiger partial charge in [0.2, 0.25) is 0 Å². The first-order valence-corrected chi connectivity index (χ1v) is 8.75. The molecule has 1 heterocycles. The lowest BCUT2D eigenvalue weighted by molar-refractivity contribution is 0.0622. The fourth-order valence-electron chi connectivity index (χ4n) is 2.87. The van der Waals surface area contributed by atoms with E-state index in [1.807, 2.05) is 0 Å². The Hall–Kier alpha value is -0.130. The third kappa shape index (κ3) is 2.89. The normalized spacial score (nSPS) is 30.9. The van der Waals surface area contributed by atoms with E-state index in [4.69, 9.17) is 0 Å². The Labute approximate surface area is 111 Å². The van der Waals surface area contributed by atoms with Crippen LogP contribution in [0.15, 0.2) is 0 Å². The van der Waals surface area contributed by atoms with E-state index >= 15 is 0 Å². The smallest absolute Gasteiger partial charge is 0.153 e. The molecule has 0 aromatic rings. The van der Waals surface area contributed by atoms with Crippen LogP contribution in [-0.2, 0) is 9.84 Å². The van der Waals surface area contributed by atoms with Crippen LogP contribution in [0.4, 0.5) is 0 Å². The summed E-state index contributed by atoms with van der Waals surface area (Å²) in [5.41, 5.74) is 0.171. The fraction of sp³-hybridized carbons (Fsp3) is 1.00. The minimum Gasteiger partial charge on any atom is -0.314 e. The summed E-state index contributed by atoms with van der Waals surface area (Å²) >= 11 is 0. The number of nitrogens with one attached hydrogen (secondary N) is 1. The van der Waals surface area contributed by atoms with Gasteiger partial charge in [-0.15, -0.1) is 0 Å². The molecule has 2 fully saturated rings. The fourth-order valence-corrected chi connectivity index (χ4v) is 3.82. The van der Waals surface area contributed by atoms with Crippen molar-refractivity contribution in [3.8, 4) is 0 Å². The van der Waals surface area contributed by atoms with Crippen LogP contribution in [0.3, 0.4) is 0 Å². The van der Waals surface area contributed by atoms with Crippen molar-refractivity contribution in [1.82, 2.24) is 10.2 Å². The SMILES string of the molecule is CC(C)S(=O)(=O)CCN1CCNCC1(C)C1CC1. The molecule has 1 unspecified atom stereocenters. The minimum absolute atomic E-state index is 0.171. The van der Waals surface area contributed by atoms with E-state index in [-0.39, 0.29) is 10.8 Å². The molecule has 1 N–H and O–H groups in total. The van der Waals surface area contributed by atoms with Gasteiger partial charge in [0, 0.05) is 31.7 Å². The molecule has 106 valence electrons. The zero-order chi connectivity index (χ0) is 13.4. The molecule has 0 amide bonds. The van der Waals surface area contributed by atoms with Gasteiger partial charge in [0.15, 0.2) is 9.84 Å².